The summed E-state index contributed by atoms with van der Waals surface area (Å²) in [4.78, 5) is 27.1. The average molecular weight is 361 g/mol. The van der Waals surface area contributed by atoms with Crippen molar-refractivity contribution in [3.8, 4) is 0 Å². The van der Waals surface area contributed by atoms with Gasteiger partial charge in [0.2, 0.25) is 0 Å². The zero-order valence-electron chi connectivity index (χ0n) is 13.6. The van der Waals surface area contributed by atoms with Crippen LogP contribution >= 0.6 is 0 Å². The molecule has 0 unspecified atom stereocenters. The van der Waals surface area contributed by atoms with E-state index in [-0.39, 0.29) is 11.3 Å². The van der Waals surface area contributed by atoms with E-state index in [2.05, 4.69) is 15.6 Å². The van der Waals surface area contributed by atoms with Crippen LogP contribution in [0.5, 0.6) is 0 Å². The van der Waals surface area contributed by atoms with Crippen molar-refractivity contribution in [1.29, 1.82) is 0 Å². The van der Waals surface area contributed by atoms with Crippen molar-refractivity contribution in [3.63, 3.8) is 0 Å². The first-order chi connectivity index (χ1) is 12.2. The number of aryl methyl sites for hydroxylation is 1. The second-order valence-electron chi connectivity index (χ2n) is 5.72. The van der Waals surface area contributed by atoms with Crippen LogP contribution in [-0.4, -0.2) is 16.9 Å². The summed E-state index contributed by atoms with van der Waals surface area (Å²) in [6.07, 6.45) is -2.72. The van der Waals surface area contributed by atoms with Crippen molar-refractivity contribution in [1.82, 2.24) is 10.3 Å². The molecule has 0 atom stereocenters. The Labute approximate surface area is 146 Å². The molecular weight excluding hydrogens is 347 g/mol. The maximum Gasteiger partial charge on any atom is 0.416 e. The lowest BCUT2D eigenvalue weighted by Crippen LogP contribution is -2.34. The van der Waals surface area contributed by atoms with Gasteiger partial charge in [0.15, 0.2) is 0 Å². The lowest BCUT2D eigenvalue weighted by atomic mass is 10.1. The van der Waals surface area contributed by atoms with Gasteiger partial charge in [0.1, 0.15) is 0 Å². The number of rotatable bonds is 2. The molecule has 0 bridgehead atoms. The largest absolute Gasteiger partial charge is 0.416 e. The molecule has 0 saturated heterocycles. The summed E-state index contributed by atoms with van der Waals surface area (Å²) in [5, 5.41) is 5.26. The minimum Gasteiger partial charge on any atom is -0.361 e. The predicted octanol–water partition coefficient (Wildman–Crippen LogP) is 4.46. The van der Waals surface area contributed by atoms with Crippen molar-refractivity contribution in [2.75, 3.05) is 5.32 Å². The minimum absolute atomic E-state index is 0.0689. The molecule has 0 spiro atoms. The lowest BCUT2D eigenvalue weighted by Gasteiger charge is -2.10. The molecule has 3 rings (SSSR count). The van der Waals surface area contributed by atoms with Crippen molar-refractivity contribution >= 4 is 28.5 Å². The predicted molar refractivity (Wildman–Crippen MR) is 91.0 cm³/mol. The third kappa shape index (κ3) is 3.69. The Morgan fingerprint density at radius 2 is 1.85 bits per heavy atom. The van der Waals surface area contributed by atoms with Gasteiger partial charge in [0.05, 0.1) is 5.56 Å². The first-order valence-corrected chi connectivity index (χ1v) is 7.61. The number of anilines is 1. The number of carbonyl (C=O) groups is 2. The second-order valence-corrected chi connectivity index (χ2v) is 5.72. The molecule has 0 radical (unpaired) electrons. The number of fused-ring (bicyclic) bond motifs is 1. The Hall–Kier alpha value is -3.29. The fourth-order valence-electron chi connectivity index (χ4n) is 2.52. The van der Waals surface area contributed by atoms with E-state index >= 15 is 0 Å². The average Bonchev–Trinajstić information content (AvgIpc) is 2.95. The van der Waals surface area contributed by atoms with Gasteiger partial charge in [-0.2, -0.15) is 13.2 Å². The highest BCUT2D eigenvalue weighted by molar-refractivity contribution is 6.09. The third-order valence-electron chi connectivity index (χ3n) is 3.83. The quantitative estimate of drug-likeness (QED) is 0.631. The number of halogens is 3. The van der Waals surface area contributed by atoms with E-state index in [1.165, 1.54) is 12.1 Å². The SMILES string of the molecule is Cc1c[nH]c2cc(C(=O)NC(=O)Nc3cccc(C(F)(F)F)c3)ccc12. The maximum atomic E-state index is 12.7. The topological polar surface area (TPSA) is 74.0 Å². The van der Waals surface area contributed by atoms with Gasteiger partial charge in [-0.05, 0) is 42.8 Å². The standard InChI is InChI=1S/C18H14F3N3O2/c1-10-9-22-15-7-11(5-6-14(10)15)16(25)24-17(26)23-13-4-2-3-12(8-13)18(19,20)21/h2-9,22H,1H3,(H2,23,24,25,26). The molecule has 0 aliphatic carbocycles. The van der Waals surface area contributed by atoms with Crippen LogP contribution in [0.1, 0.15) is 21.5 Å². The number of aromatic amines is 1. The molecule has 5 nitrogen and oxygen atoms in total. The molecule has 0 aliphatic rings. The number of carbonyl (C=O) groups excluding carboxylic acids is 2. The van der Waals surface area contributed by atoms with E-state index in [1.54, 1.807) is 24.4 Å². The van der Waals surface area contributed by atoms with Crippen LogP contribution in [0.4, 0.5) is 23.7 Å². The van der Waals surface area contributed by atoms with Gasteiger partial charge < -0.3 is 10.3 Å². The molecule has 3 amide bonds. The third-order valence-corrected chi connectivity index (χ3v) is 3.83. The Morgan fingerprint density at radius 1 is 1.08 bits per heavy atom. The molecule has 3 aromatic rings. The number of H-pyrrole nitrogens is 1. The Bertz CT molecular complexity index is 993. The van der Waals surface area contributed by atoms with Gasteiger partial charge in [0.25, 0.3) is 5.91 Å². The van der Waals surface area contributed by atoms with Gasteiger partial charge in [-0.25, -0.2) is 4.79 Å². The smallest absolute Gasteiger partial charge is 0.361 e. The van der Waals surface area contributed by atoms with Crippen LogP contribution < -0.4 is 10.6 Å². The van der Waals surface area contributed by atoms with E-state index in [0.717, 1.165) is 28.6 Å². The van der Waals surface area contributed by atoms with Crippen LogP contribution in [0.15, 0.2) is 48.7 Å². The van der Waals surface area contributed by atoms with Crippen molar-refractivity contribution in [2.45, 2.75) is 13.1 Å². The number of hydrogen-bond acceptors (Lipinski definition) is 2. The number of alkyl halides is 3. The fraction of sp³-hybridized carbons (Fsp3) is 0.111. The first kappa shape index (κ1) is 17.5. The molecule has 26 heavy (non-hydrogen) atoms. The van der Waals surface area contributed by atoms with Crippen LogP contribution in [0, 0.1) is 6.92 Å². The summed E-state index contributed by atoms with van der Waals surface area (Å²) >= 11 is 0. The number of nitrogens with one attached hydrogen (secondary N) is 3. The van der Waals surface area contributed by atoms with Crippen molar-refractivity contribution < 1.29 is 22.8 Å². The van der Waals surface area contributed by atoms with Gasteiger partial charge in [-0.1, -0.05) is 12.1 Å². The normalized spacial score (nSPS) is 11.4. The summed E-state index contributed by atoms with van der Waals surface area (Å²) in [6.45, 7) is 1.92. The van der Waals surface area contributed by atoms with Gasteiger partial charge >= 0.3 is 12.2 Å². The van der Waals surface area contributed by atoms with E-state index in [4.69, 9.17) is 0 Å². The van der Waals surface area contributed by atoms with Gasteiger partial charge in [0, 0.05) is 28.4 Å². The highest BCUT2D eigenvalue weighted by atomic mass is 19.4. The number of benzene rings is 2. The van der Waals surface area contributed by atoms with E-state index in [1.807, 2.05) is 6.92 Å². The molecular formula is C18H14F3N3O2. The number of amides is 3. The number of urea groups is 1. The molecule has 0 aliphatic heterocycles. The number of hydrogen-bond donors (Lipinski definition) is 3. The highest BCUT2D eigenvalue weighted by Crippen LogP contribution is 2.30. The van der Waals surface area contributed by atoms with Crippen LogP contribution in [0.3, 0.4) is 0 Å². The van der Waals surface area contributed by atoms with Crippen LogP contribution in [0.2, 0.25) is 0 Å². The van der Waals surface area contributed by atoms with Gasteiger partial charge in [-0.3, -0.25) is 10.1 Å². The fourth-order valence-corrected chi connectivity index (χ4v) is 2.52. The summed E-state index contributed by atoms with van der Waals surface area (Å²) in [6, 6.07) is 8.14. The molecule has 0 fully saturated rings. The zero-order chi connectivity index (χ0) is 18.9. The molecule has 3 N–H and O–H groups in total. The number of aromatic nitrogens is 1. The Kier molecular flexibility index (Phi) is 4.41. The molecule has 134 valence electrons. The molecule has 2 aromatic carbocycles. The summed E-state index contributed by atoms with van der Waals surface area (Å²) in [5.74, 6) is -0.663. The lowest BCUT2D eigenvalue weighted by molar-refractivity contribution is -0.137. The molecule has 0 saturated carbocycles. The van der Waals surface area contributed by atoms with Crippen molar-refractivity contribution in [2.24, 2.45) is 0 Å². The minimum atomic E-state index is -4.52. The first-order valence-electron chi connectivity index (χ1n) is 7.61. The molecule has 8 heteroatoms. The zero-order valence-corrected chi connectivity index (χ0v) is 13.6. The maximum absolute atomic E-state index is 12.7. The summed E-state index contributed by atoms with van der Waals surface area (Å²) < 4.78 is 38.0. The van der Waals surface area contributed by atoms with E-state index in [9.17, 15) is 22.8 Å². The Morgan fingerprint density at radius 3 is 2.58 bits per heavy atom. The molecule has 1 heterocycles. The van der Waals surface area contributed by atoms with E-state index in [0.29, 0.717) is 0 Å². The summed E-state index contributed by atoms with van der Waals surface area (Å²) in [7, 11) is 0. The number of imide groups is 1. The molecule has 1 aromatic heterocycles. The highest BCUT2D eigenvalue weighted by Gasteiger charge is 2.30. The Balaban J connectivity index is 1.70. The van der Waals surface area contributed by atoms with E-state index < -0.39 is 23.7 Å². The monoisotopic (exact) mass is 361 g/mol. The van der Waals surface area contributed by atoms with Crippen molar-refractivity contribution in [3.05, 3.63) is 65.4 Å². The van der Waals surface area contributed by atoms with Crippen LogP contribution in [-0.2, 0) is 6.18 Å². The summed E-state index contributed by atoms with van der Waals surface area (Å²) in [5.41, 5.74) is 1.05. The second kappa shape index (κ2) is 6.55. The van der Waals surface area contributed by atoms with Crippen LogP contribution in [0.25, 0.3) is 10.9 Å². The van der Waals surface area contributed by atoms with Gasteiger partial charge in [-0.15, -0.1) is 0 Å².